The van der Waals surface area contributed by atoms with E-state index in [1.807, 2.05) is 13.8 Å². The molecule has 0 heterocycles. The number of hydrogen-bond donors (Lipinski definition) is 1. The van der Waals surface area contributed by atoms with E-state index in [4.69, 9.17) is 4.74 Å². The molecule has 0 aliphatic carbocycles. The van der Waals surface area contributed by atoms with Gasteiger partial charge in [-0.2, -0.15) is 0 Å². The molecule has 1 aromatic rings. The summed E-state index contributed by atoms with van der Waals surface area (Å²) in [4.78, 5) is 22.6. The lowest BCUT2D eigenvalue weighted by Crippen LogP contribution is -2.37. The number of nitrogens with one attached hydrogen (secondary N) is 1. The summed E-state index contributed by atoms with van der Waals surface area (Å²) in [5.74, 6) is 0.242. The van der Waals surface area contributed by atoms with Crippen LogP contribution in [0.1, 0.15) is 37.0 Å². The molecule has 5 heteroatoms. The summed E-state index contributed by atoms with van der Waals surface area (Å²) in [6.45, 7) is 3.96. The first-order chi connectivity index (χ1) is 9.10. The monoisotopic (exact) mass is 327 g/mol. The van der Waals surface area contributed by atoms with Crippen LogP contribution in [0.2, 0.25) is 0 Å². The molecule has 0 aliphatic rings. The van der Waals surface area contributed by atoms with E-state index in [0.717, 1.165) is 17.3 Å². The van der Waals surface area contributed by atoms with Crippen molar-refractivity contribution in [3.05, 3.63) is 28.2 Å². The van der Waals surface area contributed by atoms with Crippen LogP contribution in [-0.2, 0) is 4.79 Å². The Hall–Kier alpha value is -1.36. The van der Waals surface area contributed by atoms with Crippen LogP contribution in [0.3, 0.4) is 0 Å². The SMILES string of the molecule is CCC(CC)NC(=O)COc1ccc(Br)cc1C=O. The van der Waals surface area contributed by atoms with Gasteiger partial charge in [0.2, 0.25) is 0 Å². The highest BCUT2D eigenvalue weighted by atomic mass is 79.9. The van der Waals surface area contributed by atoms with Crippen LogP contribution < -0.4 is 10.1 Å². The number of aldehydes is 1. The average Bonchev–Trinajstić information content (AvgIpc) is 2.43. The fourth-order valence-electron chi connectivity index (χ4n) is 1.65. The molecule has 0 fully saturated rings. The lowest BCUT2D eigenvalue weighted by Gasteiger charge is -2.15. The molecule has 0 aromatic heterocycles. The molecule has 0 radical (unpaired) electrons. The summed E-state index contributed by atoms with van der Waals surface area (Å²) in [5, 5.41) is 2.87. The first-order valence-corrected chi connectivity index (χ1v) is 7.06. The molecular formula is C14H18BrNO3. The van der Waals surface area contributed by atoms with Crippen molar-refractivity contribution in [3.63, 3.8) is 0 Å². The highest BCUT2D eigenvalue weighted by Gasteiger charge is 2.10. The van der Waals surface area contributed by atoms with Crippen molar-refractivity contribution in [2.45, 2.75) is 32.7 Å². The molecule has 0 saturated carbocycles. The van der Waals surface area contributed by atoms with Crippen LogP contribution in [0, 0.1) is 0 Å². The number of hydrogen-bond acceptors (Lipinski definition) is 3. The highest BCUT2D eigenvalue weighted by Crippen LogP contribution is 2.21. The molecule has 0 aliphatic heterocycles. The van der Waals surface area contributed by atoms with Crippen molar-refractivity contribution in [1.29, 1.82) is 0 Å². The van der Waals surface area contributed by atoms with Gasteiger partial charge in [0.15, 0.2) is 12.9 Å². The van der Waals surface area contributed by atoms with E-state index < -0.39 is 0 Å². The van der Waals surface area contributed by atoms with E-state index in [1.54, 1.807) is 18.2 Å². The maximum atomic E-state index is 11.7. The van der Waals surface area contributed by atoms with Gasteiger partial charge in [0, 0.05) is 10.5 Å². The molecular weight excluding hydrogens is 310 g/mol. The minimum absolute atomic E-state index is 0.0844. The van der Waals surface area contributed by atoms with Gasteiger partial charge >= 0.3 is 0 Å². The summed E-state index contributed by atoms with van der Waals surface area (Å²) in [6, 6.07) is 5.26. The van der Waals surface area contributed by atoms with Gasteiger partial charge in [-0.05, 0) is 31.0 Å². The number of benzene rings is 1. The largest absolute Gasteiger partial charge is 0.483 e. The molecule has 1 rings (SSSR count). The molecule has 19 heavy (non-hydrogen) atoms. The van der Waals surface area contributed by atoms with Crippen LogP contribution in [0.4, 0.5) is 0 Å². The van der Waals surface area contributed by atoms with Crippen LogP contribution >= 0.6 is 15.9 Å². The third-order valence-corrected chi connectivity index (χ3v) is 3.30. The Bertz CT molecular complexity index is 444. The predicted octanol–water partition coefficient (Wildman–Crippen LogP) is 2.95. The van der Waals surface area contributed by atoms with E-state index in [1.165, 1.54) is 0 Å². The second-order valence-electron chi connectivity index (χ2n) is 4.17. The zero-order valence-corrected chi connectivity index (χ0v) is 12.7. The fraction of sp³-hybridized carbons (Fsp3) is 0.429. The van der Waals surface area contributed by atoms with Crippen LogP contribution in [0.25, 0.3) is 0 Å². The molecule has 0 bridgehead atoms. The zero-order chi connectivity index (χ0) is 14.3. The standard InChI is InChI=1S/C14H18BrNO3/c1-3-12(4-2)16-14(18)9-19-13-6-5-11(15)7-10(13)8-17/h5-8,12H,3-4,9H2,1-2H3,(H,16,18). The van der Waals surface area contributed by atoms with Crippen LogP contribution in [-0.4, -0.2) is 24.8 Å². The summed E-state index contributed by atoms with van der Waals surface area (Å²) >= 11 is 3.27. The van der Waals surface area contributed by atoms with Gasteiger partial charge in [0.05, 0.1) is 5.56 Å². The third-order valence-electron chi connectivity index (χ3n) is 2.81. The Balaban J connectivity index is 2.57. The Morgan fingerprint density at radius 3 is 2.68 bits per heavy atom. The molecule has 1 amide bonds. The molecule has 0 spiro atoms. The quantitative estimate of drug-likeness (QED) is 0.783. The van der Waals surface area contributed by atoms with Crippen molar-refractivity contribution in [2.24, 2.45) is 0 Å². The van der Waals surface area contributed by atoms with Gasteiger partial charge in [-0.1, -0.05) is 29.8 Å². The lowest BCUT2D eigenvalue weighted by atomic mass is 10.2. The normalized spacial score (nSPS) is 10.3. The second-order valence-corrected chi connectivity index (χ2v) is 5.09. The van der Waals surface area contributed by atoms with Crippen molar-refractivity contribution in [1.82, 2.24) is 5.32 Å². The van der Waals surface area contributed by atoms with E-state index in [-0.39, 0.29) is 18.6 Å². The minimum atomic E-state index is -0.173. The summed E-state index contributed by atoms with van der Waals surface area (Å²) in [6.07, 6.45) is 2.49. The molecule has 0 unspecified atom stereocenters. The zero-order valence-electron chi connectivity index (χ0n) is 11.1. The van der Waals surface area contributed by atoms with Crippen LogP contribution in [0.15, 0.2) is 22.7 Å². The smallest absolute Gasteiger partial charge is 0.258 e. The average molecular weight is 328 g/mol. The van der Waals surface area contributed by atoms with Gasteiger partial charge in [-0.25, -0.2) is 0 Å². The molecule has 4 nitrogen and oxygen atoms in total. The number of rotatable bonds is 7. The lowest BCUT2D eigenvalue weighted by molar-refractivity contribution is -0.123. The summed E-state index contributed by atoms with van der Waals surface area (Å²) < 4.78 is 6.17. The maximum absolute atomic E-state index is 11.7. The fourth-order valence-corrected chi connectivity index (χ4v) is 2.03. The van der Waals surface area contributed by atoms with Crippen molar-refractivity contribution >= 4 is 28.1 Å². The van der Waals surface area contributed by atoms with E-state index in [9.17, 15) is 9.59 Å². The first kappa shape index (κ1) is 15.7. The number of amides is 1. The van der Waals surface area contributed by atoms with E-state index in [2.05, 4.69) is 21.2 Å². The van der Waals surface area contributed by atoms with Gasteiger partial charge in [0.1, 0.15) is 5.75 Å². The minimum Gasteiger partial charge on any atom is -0.483 e. The second kappa shape index (κ2) is 7.94. The van der Waals surface area contributed by atoms with Gasteiger partial charge in [0.25, 0.3) is 5.91 Å². The van der Waals surface area contributed by atoms with Gasteiger partial charge < -0.3 is 10.1 Å². The number of carbonyl (C=O) groups is 2. The highest BCUT2D eigenvalue weighted by molar-refractivity contribution is 9.10. The molecule has 0 saturated heterocycles. The number of ether oxygens (including phenoxy) is 1. The number of carbonyl (C=O) groups excluding carboxylic acids is 2. The maximum Gasteiger partial charge on any atom is 0.258 e. The van der Waals surface area contributed by atoms with Crippen molar-refractivity contribution in [2.75, 3.05) is 6.61 Å². The Morgan fingerprint density at radius 1 is 1.42 bits per heavy atom. The number of halogens is 1. The molecule has 104 valence electrons. The summed E-state index contributed by atoms with van der Waals surface area (Å²) in [7, 11) is 0. The first-order valence-electron chi connectivity index (χ1n) is 6.27. The van der Waals surface area contributed by atoms with E-state index >= 15 is 0 Å². The van der Waals surface area contributed by atoms with E-state index in [0.29, 0.717) is 17.6 Å². The van der Waals surface area contributed by atoms with Gasteiger partial charge in [-0.15, -0.1) is 0 Å². The Kier molecular flexibility index (Phi) is 6.56. The molecule has 1 N–H and O–H groups in total. The topological polar surface area (TPSA) is 55.4 Å². The Morgan fingerprint density at radius 2 is 2.11 bits per heavy atom. The third kappa shape index (κ3) is 5.03. The molecule has 0 atom stereocenters. The summed E-state index contributed by atoms with van der Waals surface area (Å²) in [5.41, 5.74) is 0.421. The van der Waals surface area contributed by atoms with Crippen molar-refractivity contribution < 1.29 is 14.3 Å². The molecule has 1 aromatic carbocycles. The van der Waals surface area contributed by atoms with Gasteiger partial charge in [-0.3, -0.25) is 9.59 Å². The van der Waals surface area contributed by atoms with Crippen molar-refractivity contribution in [3.8, 4) is 5.75 Å². The predicted molar refractivity (Wildman–Crippen MR) is 77.5 cm³/mol. The Labute approximate surface area is 121 Å². The van der Waals surface area contributed by atoms with Crippen LogP contribution in [0.5, 0.6) is 5.75 Å².